The fraction of sp³-hybridized carbons (Fsp3) is 0.350. The van der Waals surface area contributed by atoms with Crippen molar-refractivity contribution >= 4 is 31.5 Å². The minimum Gasteiger partial charge on any atom is -0.326 e. The van der Waals surface area contributed by atoms with E-state index in [0.29, 0.717) is 5.69 Å². The van der Waals surface area contributed by atoms with Crippen molar-refractivity contribution in [1.29, 1.82) is 0 Å². The maximum atomic E-state index is 12.4. The van der Waals surface area contributed by atoms with E-state index in [1.54, 1.807) is 0 Å². The van der Waals surface area contributed by atoms with Gasteiger partial charge in [-0.25, -0.2) is 21.6 Å². The van der Waals surface area contributed by atoms with Gasteiger partial charge in [0.05, 0.1) is 22.8 Å². The highest BCUT2D eigenvalue weighted by Gasteiger charge is 2.31. The monoisotopic (exact) mass is 436 g/mol. The molecule has 0 radical (unpaired) electrons. The van der Waals surface area contributed by atoms with Crippen molar-refractivity contribution in [2.45, 2.75) is 37.6 Å². The molecule has 3 rings (SSSR count). The molecule has 2 N–H and O–H groups in total. The minimum absolute atomic E-state index is 0.00827. The van der Waals surface area contributed by atoms with Gasteiger partial charge >= 0.3 is 0 Å². The van der Waals surface area contributed by atoms with E-state index in [1.165, 1.54) is 24.3 Å². The van der Waals surface area contributed by atoms with E-state index in [2.05, 4.69) is 10.0 Å². The van der Waals surface area contributed by atoms with Gasteiger partial charge in [-0.15, -0.1) is 0 Å². The smallest absolute Gasteiger partial charge is 0.240 e. The standard InChI is InChI=1S/C20H24N2O5S2/c1-14-3-4-16(11-15(14)2)12-20(23)21-17-5-7-19(8-6-17)29(26,27)22-18-9-10-28(24,25)13-18/h3-8,11,18,22H,9-10,12-13H2,1-2H3,(H,21,23). The van der Waals surface area contributed by atoms with Crippen molar-refractivity contribution in [2.24, 2.45) is 0 Å². The number of amides is 1. The predicted molar refractivity (Wildman–Crippen MR) is 112 cm³/mol. The number of carbonyl (C=O) groups excluding carboxylic acids is 1. The van der Waals surface area contributed by atoms with Crippen LogP contribution in [0.4, 0.5) is 5.69 Å². The second kappa shape index (κ2) is 8.25. The Morgan fingerprint density at radius 2 is 1.76 bits per heavy atom. The number of sulfonamides is 1. The third kappa shape index (κ3) is 5.65. The van der Waals surface area contributed by atoms with Crippen LogP contribution in [0.25, 0.3) is 0 Å². The van der Waals surface area contributed by atoms with E-state index in [-0.39, 0.29) is 35.2 Å². The molecule has 1 unspecified atom stereocenters. The van der Waals surface area contributed by atoms with Crippen LogP contribution >= 0.6 is 0 Å². The topological polar surface area (TPSA) is 109 Å². The van der Waals surface area contributed by atoms with E-state index in [4.69, 9.17) is 0 Å². The molecule has 0 saturated carbocycles. The Bertz CT molecular complexity index is 1120. The van der Waals surface area contributed by atoms with Crippen LogP contribution in [0.5, 0.6) is 0 Å². The second-order valence-corrected chi connectivity index (χ2v) is 11.3. The summed E-state index contributed by atoms with van der Waals surface area (Å²) in [5, 5.41) is 2.75. The SMILES string of the molecule is Cc1ccc(CC(=O)Nc2ccc(S(=O)(=O)NC3CCS(=O)(=O)C3)cc2)cc1C. The summed E-state index contributed by atoms with van der Waals surface area (Å²) in [6.07, 6.45) is 0.493. The third-order valence-corrected chi connectivity index (χ3v) is 8.24. The normalized spacial score (nSPS) is 18.5. The highest BCUT2D eigenvalue weighted by Crippen LogP contribution is 2.18. The Morgan fingerprint density at radius 1 is 1.07 bits per heavy atom. The van der Waals surface area contributed by atoms with Gasteiger partial charge in [-0.3, -0.25) is 4.79 Å². The van der Waals surface area contributed by atoms with Gasteiger partial charge in [0.15, 0.2) is 9.84 Å². The lowest BCUT2D eigenvalue weighted by molar-refractivity contribution is -0.115. The Balaban J connectivity index is 1.61. The van der Waals surface area contributed by atoms with Crippen LogP contribution < -0.4 is 10.0 Å². The molecule has 0 aromatic heterocycles. The second-order valence-electron chi connectivity index (χ2n) is 7.39. The summed E-state index contributed by atoms with van der Waals surface area (Å²) in [6.45, 7) is 4.00. The Hall–Kier alpha value is -2.23. The summed E-state index contributed by atoms with van der Waals surface area (Å²) < 4.78 is 50.3. The maximum Gasteiger partial charge on any atom is 0.240 e. The highest BCUT2D eigenvalue weighted by atomic mass is 32.2. The molecule has 1 aliphatic rings. The average Bonchev–Trinajstić information content (AvgIpc) is 2.96. The van der Waals surface area contributed by atoms with Crippen LogP contribution in [0, 0.1) is 13.8 Å². The number of anilines is 1. The third-order valence-electron chi connectivity index (χ3n) is 4.94. The zero-order chi connectivity index (χ0) is 21.2. The number of hydrogen-bond acceptors (Lipinski definition) is 5. The molecule has 1 atom stereocenters. The van der Waals surface area contributed by atoms with Crippen LogP contribution in [0.3, 0.4) is 0 Å². The van der Waals surface area contributed by atoms with Crippen LogP contribution in [-0.2, 0) is 31.1 Å². The van der Waals surface area contributed by atoms with E-state index in [0.717, 1.165) is 16.7 Å². The summed E-state index contributed by atoms with van der Waals surface area (Å²) >= 11 is 0. The van der Waals surface area contributed by atoms with Crippen molar-refractivity contribution in [3.05, 3.63) is 59.2 Å². The van der Waals surface area contributed by atoms with Gasteiger partial charge in [-0.1, -0.05) is 18.2 Å². The first-order valence-electron chi connectivity index (χ1n) is 9.23. The van der Waals surface area contributed by atoms with E-state index >= 15 is 0 Å². The van der Waals surface area contributed by atoms with Gasteiger partial charge in [0.2, 0.25) is 15.9 Å². The van der Waals surface area contributed by atoms with Crippen molar-refractivity contribution < 1.29 is 21.6 Å². The number of hydrogen-bond donors (Lipinski definition) is 2. The van der Waals surface area contributed by atoms with Crippen molar-refractivity contribution in [3.8, 4) is 0 Å². The summed E-state index contributed by atoms with van der Waals surface area (Å²) in [5.74, 6) is -0.386. The summed E-state index contributed by atoms with van der Waals surface area (Å²) in [4.78, 5) is 12.3. The molecule has 1 aliphatic heterocycles. The highest BCUT2D eigenvalue weighted by molar-refractivity contribution is 7.92. The van der Waals surface area contributed by atoms with E-state index in [1.807, 2.05) is 32.0 Å². The lowest BCUT2D eigenvalue weighted by atomic mass is 10.0. The number of sulfone groups is 1. The molecular formula is C20H24N2O5S2. The molecule has 2 aromatic rings. The maximum absolute atomic E-state index is 12.4. The molecule has 7 nitrogen and oxygen atoms in total. The molecule has 0 aliphatic carbocycles. The van der Waals surface area contributed by atoms with Gasteiger partial charge in [0.1, 0.15) is 0 Å². The molecular weight excluding hydrogens is 412 g/mol. The molecule has 1 heterocycles. The van der Waals surface area contributed by atoms with Crippen LogP contribution in [0.1, 0.15) is 23.1 Å². The zero-order valence-electron chi connectivity index (χ0n) is 16.3. The molecule has 9 heteroatoms. The fourth-order valence-electron chi connectivity index (χ4n) is 3.20. The molecule has 29 heavy (non-hydrogen) atoms. The lowest BCUT2D eigenvalue weighted by Crippen LogP contribution is -2.35. The number of benzene rings is 2. The molecule has 1 amide bonds. The summed E-state index contributed by atoms with van der Waals surface area (Å²) in [6, 6.07) is 11.0. The van der Waals surface area contributed by atoms with Gasteiger partial charge in [0, 0.05) is 11.7 Å². The fourth-order valence-corrected chi connectivity index (χ4v) is 6.25. The molecule has 1 saturated heterocycles. The minimum atomic E-state index is -3.82. The molecule has 1 fully saturated rings. The van der Waals surface area contributed by atoms with Crippen LogP contribution in [-0.4, -0.2) is 40.3 Å². The van der Waals surface area contributed by atoms with Crippen molar-refractivity contribution in [1.82, 2.24) is 4.72 Å². The summed E-state index contributed by atoms with van der Waals surface area (Å²) in [7, 11) is -7.00. The number of rotatable bonds is 6. The Labute approximate surface area is 171 Å². The van der Waals surface area contributed by atoms with Gasteiger partial charge in [0.25, 0.3) is 0 Å². The van der Waals surface area contributed by atoms with Gasteiger partial charge in [-0.2, -0.15) is 0 Å². The first kappa shape index (κ1) is 21.5. The summed E-state index contributed by atoms with van der Waals surface area (Å²) in [5.41, 5.74) is 3.67. The average molecular weight is 437 g/mol. The van der Waals surface area contributed by atoms with Gasteiger partial charge < -0.3 is 5.32 Å². The number of carbonyl (C=O) groups is 1. The largest absolute Gasteiger partial charge is 0.326 e. The van der Waals surface area contributed by atoms with Crippen molar-refractivity contribution in [2.75, 3.05) is 16.8 Å². The molecule has 0 bridgehead atoms. The van der Waals surface area contributed by atoms with Gasteiger partial charge in [-0.05, 0) is 61.2 Å². The van der Waals surface area contributed by atoms with E-state index in [9.17, 15) is 21.6 Å². The Kier molecular flexibility index (Phi) is 6.11. The predicted octanol–water partition coefficient (Wildman–Crippen LogP) is 1.95. The first-order valence-corrected chi connectivity index (χ1v) is 12.5. The molecule has 0 spiro atoms. The molecule has 156 valence electrons. The van der Waals surface area contributed by atoms with Crippen LogP contribution in [0.15, 0.2) is 47.4 Å². The number of nitrogens with one attached hydrogen (secondary N) is 2. The molecule has 2 aromatic carbocycles. The van der Waals surface area contributed by atoms with Crippen molar-refractivity contribution in [3.63, 3.8) is 0 Å². The lowest BCUT2D eigenvalue weighted by Gasteiger charge is -2.12. The van der Waals surface area contributed by atoms with E-state index < -0.39 is 25.9 Å². The Morgan fingerprint density at radius 3 is 2.34 bits per heavy atom. The number of aryl methyl sites for hydroxylation is 2. The van der Waals surface area contributed by atoms with Crippen LogP contribution in [0.2, 0.25) is 0 Å². The zero-order valence-corrected chi connectivity index (χ0v) is 17.9. The quantitative estimate of drug-likeness (QED) is 0.719. The first-order chi connectivity index (χ1) is 13.5.